The number of aromatic nitrogens is 1. The van der Waals surface area contributed by atoms with Crippen molar-refractivity contribution in [1.82, 2.24) is 10.3 Å². The first-order valence-electron chi connectivity index (χ1n) is 7.12. The Morgan fingerprint density at radius 2 is 2.22 bits per heavy atom. The van der Waals surface area contributed by atoms with Crippen LogP contribution in [0.3, 0.4) is 0 Å². The van der Waals surface area contributed by atoms with Gasteiger partial charge in [-0.1, -0.05) is 26.8 Å². The maximum absolute atomic E-state index is 4.60. The number of pyridine rings is 1. The highest BCUT2D eigenvalue weighted by atomic mass is 15.2. The molecule has 18 heavy (non-hydrogen) atoms. The Labute approximate surface area is 111 Å². The van der Waals surface area contributed by atoms with E-state index in [9.17, 15) is 0 Å². The lowest BCUT2D eigenvalue weighted by Gasteiger charge is -2.36. The third kappa shape index (κ3) is 3.02. The van der Waals surface area contributed by atoms with Gasteiger partial charge in [0.15, 0.2) is 0 Å². The van der Waals surface area contributed by atoms with E-state index in [4.69, 9.17) is 0 Å². The lowest BCUT2D eigenvalue weighted by molar-refractivity contribution is 0.322. The van der Waals surface area contributed by atoms with Crippen LogP contribution in [-0.2, 0) is 6.54 Å². The van der Waals surface area contributed by atoms with Gasteiger partial charge in [-0.2, -0.15) is 0 Å². The second kappa shape index (κ2) is 6.19. The highest BCUT2D eigenvalue weighted by Crippen LogP contribution is 2.27. The lowest BCUT2D eigenvalue weighted by atomic mass is 9.88. The van der Waals surface area contributed by atoms with Crippen molar-refractivity contribution in [2.75, 3.05) is 24.5 Å². The first-order valence-corrected chi connectivity index (χ1v) is 7.12. The van der Waals surface area contributed by atoms with Gasteiger partial charge in [0.2, 0.25) is 0 Å². The van der Waals surface area contributed by atoms with Gasteiger partial charge in [0.1, 0.15) is 5.82 Å². The summed E-state index contributed by atoms with van der Waals surface area (Å²) in [6.07, 6.45) is 3.19. The molecule has 0 aromatic carbocycles. The van der Waals surface area contributed by atoms with Crippen molar-refractivity contribution >= 4 is 5.82 Å². The average Bonchev–Trinajstić information content (AvgIpc) is 2.40. The van der Waals surface area contributed by atoms with Crippen LogP contribution in [0.2, 0.25) is 0 Å². The van der Waals surface area contributed by atoms with Gasteiger partial charge in [-0.3, -0.25) is 0 Å². The summed E-state index contributed by atoms with van der Waals surface area (Å²) in [5, 5.41) is 3.40. The molecule has 1 fully saturated rings. The highest BCUT2D eigenvalue weighted by Gasteiger charge is 2.24. The van der Waals surface area contributed by atoms with Gasteiger partial charge in [-0.05, 0) is 30.9 Å². The van der Waals surface area contributed by atoms with E-state index in [0.717, 1.165) is 38.0 Å². The van der Waals surface area contributed by atoms with Crippen LogP contribution in [-0.4, -0.2) is 24.6 Å². The fourth-order valence-electron chi connectivity index (χ4n) is 2.57. The van der Waals surface area contributed by atoms with E-state index < -0.39 is 0 Å². The molecule has 0 amide bonds. The van der Waals surface area contributed by atoms with Crippen molar-refractivity contribution in [3.8, 4) is 0 Å². The van der Waals surface area contributed by atoms with Gasteiger partial charge >= 0.3 is 0 Å². The van der Waals surface area contributed by atoms with E-state index in [0.29, 0.717) is 0 Å². The largest absolute Gasteiger partial charge is 0.356 e. The fraction of sp³-hybridized carbons (Fsp3) is 0.667. The summed E-state index contributed by atoms with van der Waals surface area (Å²) in [6.45, 7) is 11.0. The van der Waals surface area contributed by atoms with Crippen molar-refractivity contribution in [3.05, 3.63) is 23.9 Å². The molecule has 1 saturated heterocycles. The van der Waals surface area contributed by atoms with Crippen molar-refractivity contribution < 1.29 is 0 Å². The number of hydrogen-bond acceptors (Lipinski definition) is 3. The summed E-state index contributed by atoms with van der Waals surface area (Å²) in [7, 11) is 0. The van der Waals surface area contributed by atoms with E-state index in [1.165, 1.54) is 17.8 Å². The molecule has 2 rings (SSSR count). The van der Waals surface area contributed by atoms with Crippen LogP contribution < -0.4 is 10.2 Å². The molecule has 100 valence electrons. The number of hydrogen-bond donors (Lipinski definition) is 1. The summed E-state index contributed by atoms with van der Waals surface area (Å²) < 4.78 is 0. The van der Waals surface area contributed by atoms with Crippen LogP contribution in [0, 0.1) is 11.8 Å². The molecule has 1 aromatic heterocycles. The number of piperidine rings is 1. The average molecular weight is 247 g/mol. The quantitative estimate of drug-likeness (QED) is 0.886. The summed E-state index contributed by atoms with van der Waals surface area (Å²) in [6, 6.07) is 4.22. The Balaban J connectivity index is 2.12. The predicted molar refractivity (Wildman–Crippen MR) is 76.8 cm³/mol. The molecule has 0 spiro atoms. The van der Waals surface area contributed by atoms with Gasteiger partial charge in [-0.25, -0.2) is 4.98 Å². The fourth-order valence-corrected chi connectivity index (χ4v) is 2.57. The van der Waals surface area contributed by atoms with Gasteiger partial charge in [-0.15, -0.1) is 0 Å². The molecule has 3 nitrogen and oxygen atoms in total. The van der Waals surface area contributed by atoms with Crippen LogP contribution in [0.25, 0.3) is 0 Å². The van der Waals surface area contributed by atoms with E-state index in [-0.39, 0.29) is 0 Å². The summed E-state index contributed by atoms with van der Waals surface area (Å²) in [5.41, 5.74) is 1.32. The zero-order valence-electron chi connectivity index (χ0n) is 11.8. The first-order chi connectivity index (χ1) is 8.72. The molecule has 2 atom stereocenters. The van der Waals surface area contributed by atoms with Crippen LogP contribution in [0.15, 0.2) is 18.3 Å². The normalized spacial score (nSPS) is 24.3. The van der Waals surface area contributed by atoms with Gasteiger partial charge in [0.25, 0.3) is 0 Å². The molecule has 0 aliphatic carbocycles. The standard InChI is InChI=1S/C15H25N3/c1-4-16-10-14-6-5-8-17-15(14)18-9-7-12(2)13(3)11-18/h5-6,8,12-13,16H,4,7,9-11H2,1-3H3. The van der Waals surface area contributed by atoms with E-state index in [1.807, 2.05) is 12.3 Å². The number of nitrogens with one attached hydrogen (secondary N) is 1. The highest BCUT2D eigenvalue weighted by molar-refractivity contribution is 5.47. The van der Waals surface area contributed by atoms with Crippen molar-refractivity contribution in [2.45, 2.75) is 33.7 Å². The summed E-state index contributed by atoms with van der Waals surface area (Å²) in [4.78, 5) is 7.06. The minimum atomic E-state index is 0.757. The van der Waals surface area contributed by atoms with Crippen LogP contribution in [0.4, 0.5) is 5.82 Å². The summed E-state index contributed by atoms with van der Waals surface area (Å²) in [5.74, 6) is 2.77. The number of nitrogens with zero attached hydrogens (tertiary/aromatic N) is 2. The number of rotatable bonds is 4. The molecule has 1 aliphatic rings. The molecule has 1 N–H and O–H groups in total. The zero-order valence-corrected chi connectivity index (χ0v) is 11.8. The molecule has 1 aliphatic heterocycles. The Kier molecular flexibility index (Phi) is 4.59. The second-order valence-electron chi connectivity index (χ2n) is 5.46. The molecular weight excluding hydrogens is 222 g/mol. The third-order valence-electron chi connectivity index (χ3n) is 4.07. The van der Waals surface area contributed by atoms with Gasteiger partial charge in [0.05, 0.1) is 0 Å². The molecule has 2 heterocycles. The molecule has 3 heteroatoms. The van der Waals surface area contributed by atoms with Crippen molar-refractivity contribution in [1.29, 1.82) is 0 Å². The Hall–Kier alpha value is -1.09. The third-order valence-corrected chi connectivity index (χ3v) is 4.07. The lowest BCUT2D eigenvalue weighted by Crippen LogP contribution is -2.39. The van der Waals surface area contributed by atoms with Crippen molar-refractivity contribution in [2.24, 2.45) is 11.8 Å². The van der Waals surface area contributed by atoms with Crippen LogP contribution in [0.5, 0.6) is 0 Å². The SMILES string of the molecule is CCNCc1cccnc1N1CCC(C)C(C)C1. The predicted octanol–water partition coefficient (Wildman–Crippen LogP) is 2.67. The first kappa shape index (κ1) is 13.3. The minimum absolute atomic E-state index is 0.757. The topological polar surface area (TPSA) is 28.2 Å². The smallest absolute Gasteiger partial charge is 0.133 e. The Morgan fingerprint density at radius 3 is 2.94 bits per heavy atom. The summed E-state index contributed by atoms with van der Waals surface area (Å²) >= 11 is 0. The molecule has 0 saturated carbocycles. The van der Waals surface area contributed by atoms with E-state index in [1.54, 1.807) is 0 Å². The molecule has 0 radical (unpaired) electrons. The molecular formula is C15H25N3. The maximum atomic E-state index is 4.60. The van der Waals surface area contributed by atoms with Crippen molar-refractivity contribution in [3.63, 3.8) is 0 Å². The van der Waals surface area contributed by atoms with E-state index in [2.05, 4.69) is 42.0 Å². The zero-order chi connectivity index (χ0) is 13.0. The second-order valence-corrected chi connectivity index (χ2v) is 5.46. The van der Waals surface area contributed by atoms with Gasteiger partial charge < -0.3 is 10.2 Å². The molecule has 2 unspecified atom stereocenters. The maximum Gasteiger partial charge on any atom is 0.133 e. The Bertz CT molecular complexity index is 378. The van der Waals surface area contributed by atoms with E-state index >= 15 is 0 Å². The molecule has 0 bridgehead atoms. The van der Waals surface area contributed by atoms with Gasteiger partial charge in [0, 0.05) is 31.4 Å². The van der Waals surface area contributed by atoms with Crippen LogP contribution in [0.1, 0.15) is 32.8 Å². The monoisotopic (exact) mass is 247 g/mol. The van der Waals surface area contributed by atoms with Crippen LogP contribution >= 0.6 is 0 Å². The molecule has 1 aromatic rings. The Morgan fingerprint density at radius 1 is 1.39 bits per heavy atom. The number of anilines is 1. The minimum Gasteiger partial charge on any atom is -0.356 e.